The second-order valence-electron chi connectivity index (χ2n) is 8.54. The molecule has 0 N–H and O–H groups in total. The van der Waals surface area contributed by atoms with E-state index in [0.717, 1.165) is 48.1 Å². The number of aromatic nitrogens is 4. The first-order valence-corrected chi connectivity index (χ1v) is 12.4. The molecule has 0 atom stereocenters. The summed E-state index contributed by atoms with van der Waals surface area (Å²) in [6.07, 6.45) is 4.36. The topological polar surface area (TPSA) is 73.3 Å². The number of hydrogen-bond acceptors (Lipinski definition) is 7. The molecule has 1 aliphatic rings. The van der Waals surface area contributed by atoms with Crippen molar-refractivity contribution < 1.29 is 4.39 Å². The van der Waals surface area contributed by atoms with E-state index in [1.807, 2.05) is 16.5 Å². The SMILES string of the molecule is CCc1nn2c(C)cc(N3CCCCC3)nc2c1N(C)c1nc(-c2ccc(F)cc2)c(C#N)s1. The van der Waals surface area contributed by atoms with Crippen molar-refractivity contribution in [2.45, 2.75) is 39.5 Å². The average molecular weight is 476 g/mol. The van der Waals surface area contributed by atoms with Gasteiger partial charge in [-0.15, -0.1) is 0 Å². The Labute approximate surface area is 202 Å². The third kappa shape index (κ3) is 3.88. The summed E-state index contributed by atoms with van der Waals surface area (Å²) in [7, 11) is 1.94. The highest BCUT2D eigenvalue weighted by atomic mass is 32.1. The summed E-state index contributed by atoms with van der Waals surface area (Å²) in [5, 5.41) is 15.3. The molecule has 3 aromatic heterocycles. The van der Waals surface area contributed by atoms with Crippen molar-refractivity contribution in [1.29, 1.82) is 5.26 Å². The Hall–Kier alpha value is -3.51. The molecular weight excluding hydrogens is 449 g/mol. The van der Waals surface area contributed by atoms with Crippen LogP contribution in [0.15, 0.2) is 30.3 Å². The third-order valence-electron chi connectivity index (χ3n) is 6.27. The normalized spacial score (nSPS) is 13.9. The summed E-state index contributed by atoms with van der Waals surface area (Å²) in [4.78, 5) is 14.6. The zero-order valence-electron chi connectivity index (χ0n) is 19.5. The van der Waals surface area contributed by atoms with Gasteiger partial charge in [0.25, 0.3) is 0 Å². The van der Waals surface area contributed by atoms with Gasteiger partial charge < -0.3 is 9.80 Å². The summed E-state index contributed by atoms with van der Waals surface area (Å²) in [6.45, 7) is 6.16. The molecule has 174 valence electrons. The van der Waals surface area contributed by atoms with Gasteiger partial charge >= 0.3 is 0 Å². The van der Waals surface area contributed by atoms with E-state index in [4.69, 9.17) is 15.1 Å². The first-order chi connectivity index (χ1) is 16.5. The average Bonchev–Trinajstić information content (AvgIpc) is 3.46. The van der Waals surface area contributed by atoms with Crippen LogP contribution in [-0.2, 0) is 6.42 Å². The van der Waals surface area contributed by atoms with Crippen molar-refractivity contribution in [3.8, 4) is 17.3 Å². The summed E-state index contributed by atoms with van der Waals surface area (Å²) < 4.78 is 15.3. The fourth-order valence-corrected chi connectivity index (χ4v) is 5.33. The number of rotatable bonds is 5. The molecule has 4 heterocycles. The van der Waals surface area contributed by atoms with Gasteiger partial charge in [-0.1, -0.05) is 18.3 Å². The van der Waals surface area contributed by atoms with Crippen LogP contribution in [0, 0.1) is 24.1 Å². The van der Waals surface area contributed by atoms with Crippen LogP contribution in [0.2, 0.25) is 0 Å². The molecule has 7 nitrogen and oxygen atoms in total. The summed E-state index contributed by atoms with van der Waals surface area (Å²) >= 11 is 1.31. The highest BCUT2D eigenvalue weighted by Gasteiger charge is 2.24. The predicted octanol–water partition coefficient (Wildman–Crippen LogP) is 5.49. The third-order valence-corrected chi connectivity index (χ3v) is 7.31. The first kappa shape index (κ1) is 22.3. The van der Waals surface area contributed by atoms with Crippen LogP contribution in [0.3, 0.4) is 0 Å². The van der Waals surface area contributed by atoms with Gasteiger partial charge in [-0.3, -0.25) is 0 Å². The minimum absolute atomic E-state index is 0.320. The summed E-state index contributed by atoms with van der Waals surface area (Å²) in [5.41, 5.74) is 4.91. The molecule has 0 spiro atoms. The van der Waals surface area contributed by atoms with Gasteiger partial charge in [-0.2, -0.15) is 10.4 Å². The maximum absolute atomic E-state index is 13.4. The molecule has 4 aromatic rings. The Morgan fingerprint density at radius 2 is 1.88 bits per heavy atom. The Bertz CT molecular complexity index is 1380. The van der Waals surface area contributed by atoms with Gasteiger partial charge in [-0.05, 0) is 56.9 Å². The van der Waals surface area contributed by atoms with Gasteiger partial charge in [0.2, 0.25) is 0 Å². The van der Waals surface area contributed by atoms with Crippen LogP contribution in [0.4, 0.5) is 21.0 Å². The lowest BCUT2D eigenvalue weighted by Crippen LogP contribution is -2.30. The molecule has 0 saturated carbocycles. The Morgan fingerprint density at radius 1 is 1.15 bits per heavy atom. The molecular formula is C25H26FN7S. The molecule has 1 saturated heterocycles. The number of halogens is 1. The molecule has 34 heavy (non-hydrogen) atoms. The van der Waals surface area contributed by atoms with E-state index in [1.165, 1.54) is 42.7 Å². The maximum Gasteiger partial charge on any atom is 0.191 e. The van der Waals surface area contributed by atoms with Crippen LogP contribution >= 0.6 is 11.3 Å². The Kier molecular flexibility index (Phi) is 5.92. The first-order valence-electron chi connectivity index (χ1n) is 11.5. The molecule has 5 rings (SSSR count). The van der Waals surface area contributed by atoms with Crippen molar-refractivity contribution >= 4 is 33.6 Å². The molecule has 9 heteroatoms. The summed E-state index contributed by atoms with van der Waals surface area (Å²) in [6, 6.07) is 10.4. The van der Waals surface area contributed by atoms with E-state index in [0.29, 0.717) is 21.3 Å². The second kappa shape index (κ2) is 9.03. The number of thiazole rings is 1. The molecule has 0 unspecified atom stereocenters. The van der Waals surface area contributed by atoms with Crippen molar-refractivity contribution in [2.24, 2.45) is 0 Å². The number of piperidine rings is 1. The largest absolute Gasteiger partial charge is 0.356 e. The van der Waals surface area contributed by atoms with Gasteiger partial charge in [0.15, 0.2) is 10.8 Å². The van der Waals surface area contributed by atoms with Gasteiger partial charge in [0, 0.05) is 37.5 Å². The number of aryl methyl sites for hydroxylation is 2. The van der Waals surface area contributed by atoms with E-state index >= 15 is 0 Å². The lowest BCUT2D eigenvalue weighted by Gasteiger charge is -2.28. The number of fused-ring (bicyclic) bond motifs is 1. The predicted molar refractivity (Wildman–Crippen MR) is 133 cm³/mol. The smallest absolute Gasteiger partial charge is 0.191 e. The number of anilines is 3. The fourth-order valence-electron chi connectivity index (χ4n) is 4.47. The van der Waals surface area contributed by atoms with E-state index in [2.05, 4.69) is 30.9 Å². The van der Waals surface area contributed by atoms with Crippen LogP contribution in [0.5, 0.6) is 0 Å². The highest BCUT2D eigenvalue weighted by molar-refractivity contribution is 7.16. The minimum atomic E-state index is -0.320. The minimum Gasteiger partial charge on any atom is -0.356 e. The van der Waals surface area contributed by atoms with E-state index < -0.39 is 0 Å². The quantitative estimate of drug-likeness (QED) is 0.380. The zero-order valence-corrected chi connectivity index (χ0v) is 20.4. The number of benzene rings is 1. The molecule has 0 aliphatic carbocycles. The van der Waals surface area contributed by atoms with Crippen molar-refractivity contribution in [2.75, 3.05) is 29.9 Å². The monoisotopic (exact) mass is 475 g/mol. The van der Waals surface area contributed by atoms with Crippen molar-refractivity contribution in [3.63, 3.8) is 0 Å². The van der Waals surface area contributed by atoms with Crippen molar-refractivity contribution in [3.05, 3.63) is 52.4 Å². The van der Waals surface area contributed by atoms with Crippen molar-refractivity contribution in [1.82, 2.24) is 19.6 Å². The van der Waals surface area contributed by atoms with Gasteiger partial charge in [-0.25, -0.2) is 18.9 Å². The second-order valence-corrected chi connectivity index (χ2v) is 9.52. The van der Waals surface area contributed by atoms with E-state index in [1.54, 1.807) is 12.1 Å². The zero-order chi connectivity index (χ0) is 23.8. The van der Waals surface area contributed by atoms with Crippen LogP contribution in [0.1, 0.15) is 42.5 Å². The number of nitrogens with zero attached hydrogens (tertiary/aromatic N) is 7. The van der Waals surface area contributed by atoms with Crippen LogP contribution < -0.4 is 9.80 Å². The Morgan fingerprint density at radius 3 is 2.56 bits per heavy atom. The standard InChI is InChI=1S/C25H26FN7S/c1-4-19-23(24-28-21(14-16(2)33(24)30-19)32-12-6-5-7-13-32)31(3)25-29-22(20(15-27)34-25)17-8-10-18(26)11-9-17/h8-11,14H,4-7,12-13H2,1-3H3. The lowest BCUT2D eigenvalue weighted by atomic mass is 10.1. The molecule has 1 aliphatic heterocycles. The molecule has 1 fully saturated rings. The molecule has 0 bridgehead atoms. The van der Waals surface area contributed by atoms with Gasteiger partial charge in [0.1, 0.15) is 34.0 Å². The van der Waals surface area contributed by atoms with Crippen LogP contribution in [0.25, 0.3) is 16.9 Å². The fraction of sp³-hybridized carbons (Fsp3) is 0.360. The molecule has 0 radical (unpaired) electrons. The van der Waals surface area contributed by atoms with E-state index in [9.17, 15) is 9.65 Å². The Balaban J connectivity index is 1.61. The number of hydrogen-bond donors (Lipinski definition) is 0. The van der Waals surface area contributed by atoms with E-state index in [-0.39, 0.29) is 5.82 Å². The van der Waals surface area contributed by atoms with Gasteiger partial charge in [0.05, 0.1) is 5.69 Å². The number of nitriles is 1. The van der Waals surface area contributed by atoms with Crippen LogP contribution in [-0.4, -0.2) is 39.7 Å². The summed E-state index contributed by atoms with van der Waals surface area (Å²) in [5.74, 6) is 0.658. The maximum atomic E-state index is 13.4. The highest BCUT2D eigenvalue weighted by Crippen LogP contribution is 2.38. The lowest BCUT2D eigenvalue weighted by molar-refractivity contribution is 0.573. The molecule has 1 aromatic carbocycles. The molecule has 0 amide bonds.